The third-order valence-corrected chi connectivity index (χ3v) is 4.75. The summed E-state index contributed by atoms with van der Waals surface area (Å²) >= 11 is 0. The summed E-state index contributed by atoms with van der Waals surface area (Å²) in [7, 11) is 1.85. The Morgan fingerprint density at radius 2 is 2.06 bits per heavy atom. The summed E-state index contributed by atoms with van der Waals surface area (Å²) in [5.41, 5.74) is 0. The van der Waals surface area contributed by atoms with Crippen molar-refractivity contribution >= 4 is 0 Å². The molecular formula is C15H30N2O. The fourth-order valence-electron chi connectivity index (χ4n) is 3.44. The number of methoxy groups -OCH3 is 1. The van der Waals surface area contributed by atoms with Crippen molar-refractivity contribution in [1.29, 1.82) is 0 Å². The molecule has 2 rings (SSSR count). The van der Waals surface area contributed by atoms with Crippen molar-refractivity contribution in [3.63, 3.8) is 0 Å². The Labute approximate surface area is 112 Å². The Balaban J connectivity index is 1.93. The molecule has 106 valence electrons. The molecule has 0 radical (unpaired) electrons. The number of hydrogen-bond acceptors (Lipinski definition) is 3. The highest BCUT2D eigenvalue weighted by atomic mass is 16.5. The highest BCUT2D eigenvalue weighted by Gasteiger charge is 2.40. The maximum absolute atomic E-state index is 5.43. The second-order valence-electron chi connectivity index (χ2n) is 6.38. The molecule has 3 heteroatoms. The Morgan fingerprint density at radius 1 is 1.33 bits per heavy atom. The molecule has 0 aromatic rings. The summed E-state index contributed by atoms with van der Waals surface area (Å²) < 4.78 is 5.43. The zero-order valence-corrected chi connectivity index (χ0v) is 12.5. The molecule has 2 aliphatic rings. The van der Waals surface area contributed by atoms with E-state index in [1.165, 1.54) is 32.2 Å². The fraction of sp³-hybridized carbons (Fsp3) is 1.00. The molecule has 2 fully saturated rings. The average Bonchev–Trinajstić information content (AvgIpc) is 2.28. The first-order valence-electron chi connectivity index (χ1n) is 7.67. The lowest BCUT2D eigenvalue weighted by atomic mass is 9.84. The van der Waals surface area contributed by atoms with Crippen LogP contribution in [0, 0.1) is 5.92 Å². The van der Waals surface area contributed by atoms with Crippen LogP contribution in [0.2, 0.25) is 0 Å². The van der Waals surface area contributed by atoms with Crippen LogP contribution >= 0.6 is 0 Å². The van der Waals surface area contributed by atoms with Crippen LogP contribution in [0.4, 0.5) is 0 Å². The van der Waals surface area contributed by atoms with Gasteiger partial charge in [0, 0.05) is 38.3 Å². The smallest absolute Gasteiger partial charge is 0.0601 e. The number of ether oxygens (including phenoxy) is 1. The quantitative estimate of drug-likeness (QED) is 0.814. The van der Waals surface area contributed by atoms with E-state index >= 15 is 0 Å². The van der Waals surface area contributed by atoms with Gasteiger partial charge in [0.05, 0.1) is 6.10 Å². The molecule has 0 aromatic heterocycles. The fourth-order valence-corrected chi connectivity index (χ4v) is 3.44. The average molecular weight is 254 g/mol. The van der Waals surface area contributed by atoms with Crippen LogP contribution in [-0.4, -0.2) is 49.3 Å². The minimum Gasteiger partial charge on any atom is -0.381 e. The summed E-state index contributed by atoms with van der Waals surface area (Å²) in [5, 5.41) is 3.74. The van der Waals surface area contributed by atoms with Gasteiger partial charge >= 0.3 is 0 Å². The van der Waals surface area contributed by atoms with Crippen molar-refractivity contribution in [2.75, 3.05) is 20.2 Å². The highest BCUT2D eigenvalue weighted by Crippen LogP contribution is 2.32. The van der Waals surface area contributed by atoms with Crippen molar-refractivity contribution in [1.82, 2.24) is 10.2 Å². The lowest BCUT2D eigenvalue weighted by Crippen LogP contribution is -2.64. The molecule has 0 amide bonds. The van der Waals surface area contributed by atoms with E-state index in [2.05, 4.69) is 31.0 Å². The minimum atomic E-state index is 0.516. The summed E-state index contributed by atoms with van der Waals surface area (Å²) in [5.74, 6) is 0.738. The minimum absolute atomic E-state index is 0.516. The summed E-state index contributed by atoms with van der Waals surface area (Å²) in [6.45, 7) is 9.39. The molecule has 1 saturated carbocycles. The van der Waals surface area contributed by atoms with E-state index in [-0.39, 0.29) is 0 Å². The van der Waals surface area contributed by atoms with E-state index in [4.69, 9.17) is 4.74 Å². The predicted molar refractivity (Wildman–Crippen MR) is 75.8 cm³/mol. The van der Waals surface area contributed by atoms with Crippen molar-refractivity contribution in [3.8, 4) is 0 Å². The monoisotopic (exact) mass is 254 g/mol. The SMILES string of the molecule is CCCC1CN(C2CC(OC)C2)C(C(C)C)CN1. The lowest BCUT2D eigenvalue weighted by Gasteiger charge is -2.51. The second kappa shape index (κ2) is 6.36. The summed E-state index contributed by atoms with van der Waals surface area (Å²) in [6, 6.07) is 2.18. The summed E-state index contributed by atoms with van der Waals surface area (Å²) in [4.78, 5) is 2.77. The molecular weight excluding hydrogens is 224 g/mol. The van der Waals surface area contributed by atoms with Gasteiger partial charge in [-0.3, -0.25) is 4.90 Å². The molecule has 2 atom stereocenters. The van der Waals surface area contributed by atoms with Gasteiger partial charge in [0.1, 0.15) is 0 Å². The van der Waals surface area contributed by atoms with Crippen LogP contribution in [-0.2, 0) is 4.74 Å². The van der Waals surface area contributed by atoms with E-state index in [1.54, 1.807) is 0 Å². The van der Waals surface area contributed by atoms with Gasteiger partial charge in [0.15, 0.2) is 0 Å². The van der Waals surface area contributed by atoms with Gasteiger partial charge in [-0.05, 0) is 25.2 Å². The summed E-state index contributed by atoms with van der Waals surface area (Å²) in [6.07, 6.45) is 5.57. The first-order valence-corrected chi connectivity index (χ1v) is 7.67. The van der Waals surface area contributed by atoms with E-state index in [1.807, 2.05) is 7.11 Å². The first-order chi connectivity index (χ1) is 8.65. The van der Waals surface area contributed by atoms with Gasteiger partial charge in [0.25, 0.3) is 0 Å². The van der Waals surface area contributed by atoms with Crippen LogP contribution in [0.5, 0.6) is 0 Å². The van der Waals surface area contributed by atoms with E-state index in [9.17, 15) is 0 Å². The Bertz CT molecular complexity index is 251. The lowest BCUT2D eigenvalue weighted by molar-refractivity contribution is -0.0599. The van der Waals surface area contributed by atoms with Crippen molar-refractivity contribution < 1.29 is 4.74 Å². The third kappa shape index (κ3) is 3.06. The molecule has 0 bridgehead atoms. The Hall–Kier alpha value is -0.120. The molecule has 1 aliphatic carbocycles. The van der Waals surface area contributed by atoms with E-state index in [0.717, 1.165) is 18.5 Å². The number of piperazine rings is 1. The molecule has 2 unspecified atom stereocenters. The number of nitrogens with zero attached hydrogens (tertiary/aromatic N) is 1. The molecule has 3 nitrogen and oxygen atoms in total. The second-order valence-corrected chi connectivity index (χ2v) is 6.38. The van der Waals surface area contributed by atoms with Crippen LogP contribution in [0.3, 0.4) is 0 Å². The van der Waals surface area contributed by atoms with Crippen molar-refractivity contribution in [3.05, 3.63) is 0 Å². The largest absolute Gasteiger partial charge is 0.381 e. The zero-order valence-electron chi connectivity index (χ0n) is 12.5. The van der Waals surface area contributed by atoms with Gasteiger partial charge in [-0.25, -0.2) is 0 Å². The van der Waals surface area contributed by atoms with Crippen LogP contribution in [0.15, 0.2) is 0 Å². The normalized spacial score (nSPS) is 37.8. The molecule has 1 saturated heterocycles. The molecule has 1 N–H and O–H groups in total. The maximum Gasteiger partial charge on any atom is 0.0601 e. The van der Waals surface area contributed by atoms with Crippen LogP contribution in [0.1, 0.15) is 46.5 Å². The Kier molecular flexibility index (Phi) is 5.05. The third-order valence-electron chi connectivity index (χ3n) is 4.75. The van der Waals surface area contributed by atoms with Crippen molar-refractivity contribution in [2.24, 2.45) is 5.92 Å². The molecule has 1 aliphatic heterocycles. The molecule has 18 heavy (non-hydrogen) atoms. The van der Waals surface area contributed by atoms with Gasteiger partial charge in [-0.15, -0.1) is 0 Å². The molecule has 0 aromatic carbocycles. The van der Waals surface area contributed by atoms with E-state index in [0.29, 0.717) is 18.2 Å². The number of hydrogen-bond donors (Lipinski definition) is 1. The standard InChI is InChI=1S/C15H30N2O/c1-5-6-12-10-17(13-7-14(8-13)18-4)15(9-16-12)11(2)3/h11-16H,5-10H2,1-4H3. The Morgan fingerprint density at radius 3 is 2.61 bits per heavy atom. The molecule has 1 heterocycles. The molecule has 0 spiro atoms. The van der Waals surface area contributed by atoms with Gasteiger partial charge in [-0.2, -0.15) is 0 Å². The van der Waals surface area contributed by atoms with Crippen LogP contribution < -0.4 is 5.32 Å². The van der Waals surface area contributed by atoms with Crippen LogP contribution in [0.25, 0.3) is 0 Å². The van der Waals surface area contributed by atoms with E-state index < -0.39 is 0 Å². The maximum atomic E-state index is 5.43. The van der Waals surface area contributed by atoms with Gasteiger partial charge < -0.3 is 10.1 Å². The number of rotatable bonds is 5. The number of nitrogens with one attached hydrogen (secondary N) is 1. The predicted octanol–water partition coefficient (Wildman–Crippen LogP) is 2.26. The van der Waals surface area contributed by atoms with Gasteiger partial charge in [0.2, 0.25) is 0 Å². The zero-order chi connectivity index (χ0) is 13.1. The highest BCUT2D eigenvalue weighted by molar-refractivity contribution is 4.96. The van der Waals surface area contributed by atoms with Gasteiger partial charge in [-0.1, -0.05) is 27.2 Å². The topological polar surface area (TPSA) is 24.5 Å². The first kappa shape index (κ1) is 14.3. The van der Waals surface area contributed by atoms with Crippen molar-refractivity contribution in [2.45, 2.75) is 70.7 Å².